The van der Waals surface area contributed by atoms with Gasteiger partial charge in [0.25, 0.3) is 0 Å². The summed E-state index contributed by atoms with van der Waals surface area (Å²) in [6.45, 7) is 10.4. The predicted molar refractivity (Wildman–Crippen MR) is 86.2 cm³/mol. The quantitative estimate of drug-likeness (QED) is 0.524. The molecule has 1 saturated carbocycles. The average Bonchev–Trinajstić information content (AvgIpc) is 3.02. The molecule has 106 valence electrons. The van der Waals surface area contributed by atoms with E-state index in [1.54, 1.807) is 0 Å². The van der Waals surface area contributed by atoms with Crippen molar-refractivity contribution in [3.63, 3.8) is 0 Å². The zero-order valence-corrected chi connectivity index (χ0v) is 13.3. The molecule has 1 aliphatic rings. The molecule has 0 heteroatoms. The van der Waals surface area contributed by atoms with Gasteiger partial charge in [-0.1, -0.05) is 103 Å². The molecule has 0 saturated heterocycles. The van der Waals surface area contributed by atoms with Crippen LogP contribution in [-0.4, -0.2) is 0 Å². The fourth-order valence-electron chi connectivity index (χ4n) is 1.60. The highest BCUT2D eigenvalue weighted by atomic mass is 14.0. The molecule has 0 heterocycles. The Hall–Kier alpha value is -0.780. The number of rotatable bonds is 1. The SMILES string of the molecule is C1CCCC1.CC.CCC.CCc1ccccc1. The molecule has 1 aliphatic carbocycles. The molecule has 0 spiro atoms. The lowest BCUT2D eigenvalue weighted by Gasteiger charge is -1.89. The Kier molecular flexibility index (Phi) is 20.2. The molecule has 0 aromatic heterocycles. The Labute approximate surface area is 116 Å². The van der Waals surface area contributed by atoms with Gasteiger partial charge < -0.3 is 0 Å². The van der Waals surface area contributed by atoms with E-state index >= 15 is 0 Å². The Morgan fingerprint density at radius 2 is 1.06 bits per heavy atom. The minimum absolute atomic E-state index is 1.14. The van der Waals surface area contributed by atoms with Gasteiger partial charge in [0.1, 0.15) is 0 Å². The van der Waals surface area contributed by atoms with Gasteiger partial charge in [0.15, 0.2) is 0 Å². The summed E-state index contributed by atoms with van der Waals surface area (Å²) >= 11 is 0. The van der Waals surface area contributed by atoms with Crippen LogP contribution in [0.4, 0.5) is 0 Å². The van der Waals surface area contributed by atoms with Gasteiger partial charge in [0, 0.05) is 0 Å². The molecule has 0 aliphatic heterocycles. The van der Waals surface area contributed by atoms with Crippen LogP contribution in [0.3, 0.4) is 0 Å². The fourth-order valence-corrected chi connectivity index (χ4v) is 1.60. The van der Waals surface area contributed by atoms with E-state index in [4.69, 9.17) is 0 Å². The van der Waals surface area contributed by atoms with Crippen LogP contribution < -0.4 is 0 Å². The first kappa shape index (κ1) is 19.6. The minimum Gasteiger partial charge on any atom is -0.0683 e. The summed E-state index contributed by atoms with van der Waals surface area (Å²) in [5, 5.41) is 0. The molecule has 1 fully saturated rings. The lowest BCUT2D eigenvalue weighted by atomic mass is 10.2. The molecule has 0 atom stereocenters. The van der Waals surface area contributed by atoms with Gasteiger partial charge in [-0.2, -0.15) is 0 Å². The third-order valence-corrected chi connectivity index (χ3v) is 2.50. The molecule has 0 unspecified atom stereocenters. The van der Waals surface area contributed by atoms with Crippen LogP contribution in [0.25, 0.3) is 0 Å². The second kappa shape index (κ2) is 18.6. The van der Waals surface area contributed by atoms with Crippen molar-refractivity contribution in [2.24, 2.45) is 0 Å². The molecular formula is C18H34. The molecule has 0 amide bonds. The maximum Gasteiger partial charge on any atom is -0.0307 e. The first-order valence-corrected chi connectivity index (χ1v) is 7.89. The summed E-state index contributed by atoms with van der Waals surface area (Å²) in [7, 11) is 0. The molecule has 0 bridgehead atoms. The van der Waals surface area contributed by atoms with Crippen LogP contribution in [0, 0.1) is 0 Å². The van der Waals surface area contributed by atoms with Gasteiger partial charge in [-0.3, -0.25) is 0 Å². The van der Waals surface area contributed by atoms with Crippen LogP contribution in [-0.2, 0) is 6.42 Å². The van der Waals surface area contributed by atoms with E-state index in [0.717, 1.165) is 6.42 Å². The topological polar surface area (TPSA) is 0 Å². The van der Waals surface area contributed by atoms with Crippen molar-refractivity contribution in [3.05, 3.63) is 35.9 Å². The summed E-state index contributed by atoms with van der Waals surface area (Å²) in [5.74, 6) is 0. The highest BCUT2D eigenvalue weighted by molar-refractivity contribution is 5.13. The molecule has 1 aromatic carbocycles. The standard InChI is InChI=1S/C8H10.C5H10.C3H8.C2H6/c1-2-8-6-4-3-5-7-8;1-2-4-5-3-1;1-3-2;1-2/h3-7H,2H2,1H3;1-5H2;3H2,1-2H3;1-2H3. The van der Waals surface area contributed by atoms with Crippen LogP contribution in [0.5, 0.6) is 0 Å². The maximum absolute atomic E-state index is 2.16. The fraction of sp³-hybridized carbons (Fsp3) is 0.667. The zero-order valence-electron chi connectivity index (χ0n) is 13.3. The third-order valence-electron chi connectivity index (χ3n) is 2.50. The van der Waals surface area contributed by atoms with Crippen LogP contribution in [0.2, 0.25) is 0 Å². The van der Waals surface area contributed by atoms with Crippen molar-refractivity contribution < 1.29 is 0 Å². The van der Waals surface area contributed by atoms with E-state index in [0.29, 0.717) is 0 Å². The molecule has 0 nitrogen and oxygen atoms in total. The van der Waals surface area contributed by atoms with Crippen molar-refractivity contribution in [2.75, 3.05) is 0 Å². The molecular weight excluding hydrogens is 216 g/mol. The van der Waals surface area contributed by atoms with Gasteiger partial charge in [-0.25, -0.2) is 0 Å². The van der Waals surface area contributed by atoms with E-state index < -0.39 is 0 Å². The summed E-state index contributed by atoms with van der Waals surface area (Å²) in [5.41, 5.74) is 1.41. The molecule has 1 aromatic rings. The summed E-state index contributed by atoms with van der Waals surface area (Å²) < 4.78 is 0. The van der Waals surface area contributed by atoms with Crippen LogP contribution >= 0.6 is 0 Å². The molecule has 18 heavy (non-hydrogen) atoms. The summed E-state index contributed by atoms with van der Waals surface area (Å²) in [4.78, 5) is 0. The monoisotopic (exact) mass is 250 g/mol. The van der Waals surface area contributed by atoms with E-state index in [-0.39, 0.29) is 0 Å². The van der Waals surface area contributed by atoms with Gasteiger partial charge >= 0.3 is 0 Å². The zero-order chi connectivity index (χ0) is 14.1. The molecule has 0 N–H and O–H groups in total. The average molecular weight is 250 g/mol. The van der Waals surface area contributed by atoms with E-state index in [2.05, 4.69) is 45.0 Å². The van der Waals surface area contributed by atoms with Gasteiger partial charge in [-0.05, 0) is 12.0 Å². The van der Waals surface area contributed by atoms with Crippen molar-refractivity contribution in [1.29, 1.82) is 0 Å². The van der Waals surface area contributed by atoms with Crippen LogP contribution in [0.15, 0.2) is 30.3 Å². The van der Waals surface area contributed by atoms with Gasteiger partial charge in [-0.15, -0.1) is 0 Å². The first-order valence-electron chi connectivity index (χ1n) is 7.89. The van der Waals surface area contributed by atoms with E-state index in [1.165, 1.54) is 44.1 Å². The van der Waals surface area contributed by atoms with Crippen molar-refractivity contribution >= 4 is 0 Å². The Bertz CT molecular complexity index is 201. The van der Waals surface area contributed by atoms with E-state index in [1.807, 2.05) is 19.9 Å². The lowest BCUT2D eigenvalue weighted by Crippen LogP contribution is -1.73. The Morgan fingerprint density at radius 3 is 1.28 bits per heavy atom. The van der Waals surface area contributed by atoms with Gasteiger partial charge in [0.05, 0.1) is 0 Å². The predicted octanol–water partition coefficient (Wildman–Crippen LogP) is 6.64. The largest absolute Gasteiger partial charge is 0.0683 e. The van der Waals surface area contributed by atoms with Crippen molar-refractivity contribution in [2.45, 2.75) is 79.6 Å². The highest BCUT2D eigenvalue weighted by Crippen LogP contribution is 2.15. The molecule has 0 radical (unpaired) electrons. The lowest BCUT2D eigenvalue weighted by molar-refractivity contribution is 0.886. The highest BCUT2D eigenvalue weighted by Gasteiger charge is 1.95. The summed E-state index contributed by atoms with van der Waals surface area (Å²) in [6, 6.07) is 10.5. The number of hydrogen-bond donors (Lipinski definition) is 0. The molecule has 2 rings (SSSR count). The smallest absolute Gasteiger partial charge is 0.0307 e. The third kappa shape index (κ3) is 15.2. The second-order valence-electron chi connectivity index (χ2n) is 4.31. The normalized spacial score (nSPS) is 12.1. The number of benzene rings is 1. The van der Waals surface area contributed by atoms with E-state index in [9.17, 15) is 0 Å². The Balaban J connectivity index is 0. The van der Waals surface area contributed by atoms with Crippen molar-refractivity contribution in [1.82, 2.24) is 0 Å². The second-order valence-corrected chi connectivity index (χ2v) is 4.31. The number of aryl methyl sites for hydroxylation is 1. The maximum atomic E-state index is 2.16. The summed E-state index contributed by atoms with van der Waals surface area (Å²) in [6.07, 6.45) is 9.89. The Morgan fingerprint density at radius 1 is 0.722 bits per heavy atom. The van der Waals surface area contributed by atoms with Gasteiger partial charge in [0.2, 0.25) is 0 Å². The van der Waals surface area contributed by atoms with Crippen molar-refractivity contribution in [3.8, 4) is 0 Å². The number of hydrogen-bond acceptors (Lipinski definition) is 0. The van der Waals surface area contributed by atoms with Crippen LogP contribution in [0.1, 0.15) is 78.7 Å². The minimum atomic E-state index is 1.14. The first-order chi connectivity index (χ1) is 8.85.